The summed E-state index contributed by atoms with van der Waals surface area (Å²) in [5.74, 6) is 1.19. The molecule has 3 N–H and O–H groups in total. The monoisotopic (exact) mass is 475 g/mol. The number of aliphatic hydroxyl groups excluding tert-OH is 1. The van der Waals surface area contributed by atoms with Gasteiger partial charge in [-0.2, -0.15) is 0 Å². The van der Waals surface area contributed by atoms with Gasteiger partial charge in [-0.25, -0.2) is 8.42 Å². The number of fused-ring (bicyclic) bond motifs is 2. The van der Waals surface area contributed by atoms with E-state index in [4.69, 9.17) is 14.2 Å². The minimum absolute atomic E-state index is 0.0477. The molecule has 2 aromatic rings. The zero-order valence-electron chi connectivity index (χ0n) is 18.1. The third-order valence-electron chi connectivity index (χ3n) is 5.13. The van der Waals surface area contributed by atoms with Crippen LogP contribution in [0.15, 0.2) is 52.4 Å². The summed E-state index contributed by atoms with van der Waals surface area (Å²) in [6, 6.07) is 10.7. The highest BCUT2D eigenvalue weighted by molar-refractivity contribution is 7.90. The van der Waals surface area contributed by atoms with Gasteiger partial charge in [0.05, 0.1) is 4.90 Å². The molecule has 176 valence electrons. The van der Waals surface area contributed by atoms with E-state index in [0.29, 0.717) is 22.8 Å². The average molecular weight is 476 g/mol. The molecule has 10 nitrogen and oxygen atoms in total. The Labute approximate surface area is 191 Å². The molecular formula is C22H25N3O7S. The molecule has 0 radical (unpaired) electrons. The van der Waals surface area contributed by atoms with Crippen LogP contribution in [0.25, 0.3) is 0 Å². The number of aliphatic hydroxyl groups is 1. The largest absolute Gasteiger partial charge is 0.491 e. The van der Waals surface area contributed by atoms with Gasteiger partial charge in [-0.1, -0.05) is 26.0 Å². The van der Waals surface area contributed by atoms with Crippen molar-refractivity contribution in [1.29, 1.82) is 0 Å². The predicted octanol–water partition coefficient (Wildman–Crippen LogP) is 1.03. The van der Waals surface area contributed by atoms with Crippen LogP contribution in [0.5, 0.6) is 17.2 Å². The molecule has 11 heteroatoms. The van der Waals surface area contributed by atoms with Crippen molar-refractivity contribution in [2.24, 2.45) is 10.9 Å². The van der Waals surface area contributed by atoms with Crippen molar-refractivity contribution in [3.05, 3.63) is 48.0 Å². The third-order valence-corrected chi connectivity index (χ3v) is 6.53. The first-order valence-corrected chi connectivity index (χ1v) is 11.9. The molecule has 2 aliphatic rings. The van der Waals surface area contributed by atoms with Crippen LogP contribution in [0.2, 0.25) is 0 Å². The van der Waals surface area contributed by atoms with E-state index in [2.05, 4.69) is 15.0 Å². The molecule has 0 aromatic heterocycles. The van der Waals surface area contributed by atoms with Gasteiger partial charge in [0.2, 0.25) is 12.7 Å². The number of aliphatic imine (C=N–C) groups is 1. The summed E-state index contributed by atoms with van der Waals surface area (Å²) in [5, 5.41) is 12.9. The Morgan fingerprint density at radius 1 is 1.21 bits per heavy atom. The number of nitrogens with zero attached hydrogens (tertiary/aromatic N) is 1. The Hall–Kier alpha value is -3.31. The molecule has 4 rings (SSSR count). The topological polar surface area (TPSA) is 136 Å². The fraction of sp³-hybridized carbons (Fsp3) is 0.364. The minimum atomic E-state index is -3.70. The van der Waals surface area contributed by atoms with Crippen LogP contribution < -0.4 is 24.2 Å². The summed E-state index contributed by atoms with van der Waals surface area (Å²) in [7, 11) is -3.70. The molecule has 0 saturated carbocycles. The average Bonchev–Trinajstić information content (AvgIpc) is 3.36. The third kappa shape index (κ3) is 5.04. The lowest BCUT2D eigenvalue weighted by atomic mass is 10.0. The lowest BCUT2D eigenvalue weighted by molar-refractivity contribution is -0.123. The van der Waals surface area contributed by atoms with Crippen LogP contribution in [0.3, 0.4) is 0 Å². The summed E-state index contributed by atoms with van der Waals surface area (Å²) < 4.78 is 43.1. The second kappa shape index (κ2) is 9.28. The number of carbonyl (C=O) groups is 1. The lowest BCUT2D eigenvalue weighted by Gasteiger charge is -2.19. The number of carbonyl (C=O) groups excluding carboxylic acids is 1. The van der Waals surface area contributed by atoms with Gasteiger partial charge < -0.3 is 24.6 Å². The van der Waals surface area contributed by atoms with Gasteiger partial charge in [0, 0.05) is 18.2 Å². The highest BCUT2D eigenvalue weighted by atomic mass is 32.2. The molecule has 1 unspecified atom stereocenters. The fourth-order valence-electron chi connectivity index (χ4n) is 3.42. The van der Waals surface area contributed by atoms with Crippen molar-refractivity contribution in [2.75, 3.05) is 19.9 Å². The summed E-state index contributed by atoms with van der Waals surface area (Å²) in [6.07, 6.45) is -0.967. The van der Waals surface area contributed by atoms with E-state index >= 15 is 0 Å². The Bertz CT molecular complexity index is 1180. The van der Waals surface area contributed by atoms with E-state index in [1.807, 2.05) is 13.8 Å². The normalized spacial score (nSPS) is 18.5. The van der Waals surface area contributed by atoms with Crippen LogP contribution in [0, 0.1) is 5.92 Å². The van der Waals surface area contributed by atoms with Crippen molar-refractivity contribution in [1.82, 2.24) is 10.0 Å². The Balaban J connectivity index is 1.36. The second-order valence-corrected chi connectivity index (χ2v) is 9.64. The van der Waals surface area contributed by atoms with Gasteiger partial charge in [-0.05, 0) is 30.2 Å². The fourth-order valence-corrected chi connectivity index (χ4v) is 4.66. The Morgan fingerprint density at radius 2 is 1.97 bits per heavy atom. The second-order valence-electron chi connectivity index (χ2n) is 7.99. The van der Waals surface area contributed by atoms with Gasteiger partial charge in [0.1, 0.15) is 30.3 Å². The van der Waals surface area contributed by atoms with Crippen molar-refractivity contribution in [3.8, 4) is 17.2 Å². The predicted molar refractivity (Wildman–Crippen MR) is 119 cm³/mol. The van der Waals surface area contributed by atoms with E-state index < -0.39 is 28.1 Å². The standard InChI is InChI=1S/C22H25N3O7S/c1-13(2)20(24-21-16-5-3-4-6-19(16)33(28,29)25-21)22(27)23-10-14(26)11-30-15-7-8-17-18(9-15)32-12-31-17/h3-9,13-14,20,26H,10-12H2,1-2H3,(H,23,27)(H,24,25)/t14?,20-/m0/s1. The maximum atomic E-state index is 12.8. The molecule has 33 heavy (non-hydrogen) atoms. The lowest BCUT2D eigenvalue weighted by Crippen LogP contribution is -2.42. The van der Waals surface area contributed by atoms with Gasteiger partial charge in [-0.15, -0.1) is 0 Å². The summed E-state index contributed by atoms with van der Waals surface area (Å²) in [4.78, 5) is 17.3. The zero-order valence-corrected chi connectivity index (χ0v) is 19.0. The van der Waals surface area contributed by atoms with Crippen LogP contribution >= 0.6 is 0 Å². The molecule has 0 aliphatic carbocycles. The molecule has 2 atom stereocenters. The van der Waals surface area contributed by atoms with Gasteiger partial charge in [0.25, 0.3) is 10.0 Å². The Morgan fingerprint density at radius 3 is 2.76 bits per heavy atom. The summed E-state index contributed by atoms with van der Waals surface area (Å²) >= 11 is 0. The number of ether oxygens (including phenoxy) is 3. The van der Waals surface area contributed by atoms with Crippen LogP contribution in [0.4, 0.5) is 0 Å². The van der Waals surface area contributed by atoms with E-state index in [1.165, 1.54) is 6.07 Å². The molecule has 1 amide bonds. The van der Waals surface area contributed by atoms with Crippen LogP contribution in [-0.2, 0) is 14.8 Å². The van der Waals surface area contributed by atoms with Crippen LogP contribution in [0.1, 0.15) is 19.4 Å². The minimum Gasteiger partial charge on any atom is -0.491 e. The van der Waals surface area contributed by atoms with E-state index in [9.17, 15) is 18.3 Å². The maximum Gasteiger partial charge on any atom is 0.263 e. The van der Waals surface area contributed by atoms with Gasteiger partial charge >= 0.3 is 0 Å². The first-order valence-electron chi connectivity index (χ1n) is 10.4. The summed E-state index contributed by atoms with van der Waals surface area (Å²) in [5.41, 5.74) is 0.424. The molecule has 2 aliphatic heterocycles. The molecule has 0 saturated heterocycles. The number of nitrogens with one attached hydrogen (secondary N) is 2. The smallest absolute Gasteiger partial charge is 0.263 e. The SMILES string of the molecule is CC(C)[C@H](N=C1NS(=O)(=O)c2ccccc21)C(=O)NCC(O)COc1ccc2c(c1)OCO2. The molecular weight excluding hydrogens is 450 g/mol. The van der Waals surface area contributed by atoms with Gasteiger partial charge in [0.15, 0.2) is 11.5 Å². The van der Waals surface area contributed by atoms with Crippen molar-refractivity contribution >= 4 is 21.8 Å². The molecule has 2 aromatic carbocycles. The number of sulfonamides is 1. The van der Waals surface area contributed by atoms with E-state index in [1.54, 1.807) is 36.4 Å². The van der Waals surface area contributed by atoms with E-state index in [0.717, 1.165) is 0 Å². The maximum absolute atomic E-state index is 12.8. The first kappa shape index (κ1) is 22.9. The molecule has 0 spiro atoms. The van der Waals surface area contributed by atoms with Crippen LogP contribution in [-0.4, -0.2) is 57.4 Å². The van der Waals surface area contributed by atoms with Crippen molar-refractivity contribution in [2.45, 2.75) is 30.9 Å². The first-order chi connectivity index (χ1) is 15.7. The van der Waals surface area contributed by atoms with Gasteiger partial charge in [-0.3, -0.25) is 14.5 Å². The number of hydrogen-bond donors (Lipinski definition) is 3. The number of rotatable bonds is 8. The number of amides is 1. The molecule has 0 fully saturated rings. The zero-order chi connectivity index (χ0) is 23.6. The van der Waals surface area contributed by atoms with E-state index in [-0.39, 0.29) is 36.6 Å². The highest BCUT2D eigenvalue weighted by Crippen LogP contribution is 2.35. The van der Waals surface area contributed by atoms with Crippen molar-refractivity contribution in [3.63, 3.8) is 0 Å². The number of hydrogen-bond acceptors (Lipinski definition) is 8. The quantitative estimate of drug-likeness (QED) is 0.519. The van der Waals surface area contributed by atoms with Crippen molar-refractivity contribution < 1.29 is 32.5 Å². The highest BCUT2D eigenvalue weighted by Gasteiger charge is 2.32. The molecule has 0 bridgehead atoms. The number of amidine groups is 1. The Kier molecular flexibility index (Phi) is 6.43. The number of benzene rings is 2. The summed E-state index contributed by atoms with van der Waals surface area (Å²) in [6.45, 7) is 3.67. The molecule has 2 heterocycles.